The number of para-hydroxylation sites is 1. The number of thiophene rings is 1. The molecular formula is C58H41N3OS. The number of aliphatic imine (C=N–C) groups is 2. The largest absolute Gasteiger partial charge is 0.456 e. The molecule has 63 heavy (non-hydrogen) atoms. The third kappa shape index (κ3) is 7.39. The first-order valence-electron chi connectivity index (χ1n) is 21.2. The van der Waals surface area contributed by atoms with E-state index in [1.165, 1.54) is 53.6 Å². The minimum absolute atomic E-state index is 0.210. The van der Waals surface area contributed by atoms with Crippen molar-refractivity contribution in [2.75, 3.05) is 0 Å². The number of rotatable bonds is 8. The zero-order valence-electron chi connectivity index (χ0n) is 34.6. The fourth-order valence-corrected chi connectivity index (χ4v) is 9.82. The first-order chi connectivity index (χ1) is 31.0. The van der Waals surface area contributed by atoms with E-state index in [1.54, 1.807) is 0 Å². The van der Waals surface area contributed by atoms with E-state index in [1.807, 2.05) is 72.0 Å². The van der Waals surface area contributed by atoms with Crippen LogP contribution in [0, 0.1) is 0 Å². The highest BCUT2D eigenvalue weighted by molar-refractivity contribution is 7.25. The Bertz CT molecular complexity index is 3530. The number of hydrogen-bond acceptors (Lipinski definition) is 3. The molecule has 0 saturated carbocycles. The van der Waals surface area contributed by atoms with Crippen molar-refractivity contribution in [2.24, 2.45) is 15.7 Å². The quantitative estimate of drug-likeness (QED) is 0.122. The van der Waals surface area contributed by atoms with Crippen molar-refractivity contribution < 1.29 is 4.42 Å². The summed E-state index contributed by atoms with van der Waals surface area (Å²) in [4.78, 5) is 10.4. The zero-order chi connectivity index (χ0) is 42.3. The van der Waals surface area contributed by atoms with Crippen LogP contribution in [0.2, 0.25) is 0 Å². The van der Waals surface area contributed by atoms with E-state index in [-0.39, 0.29) is 6.04 Å². The van der Waals surface area contributed by atoms with Crippen molar-refractivity contribution in [3.05, 3.63) is 229 Å². The van der Waals surface area contributed by atoms with Gasteiger partial charge in [0.15, 0.2) is 5.84 Å². The van der Waals surface area contributed by atoms with Gasteiger partial charge < -0.3 is 10.2 Å². The van der Waals surface area contributed by atoms with Crippen LogP contribution in [0.5, 0.6) is 0 Å². The molecule has 0 aliphatic carbocycles. The number of furan rings is 1. The summed E-state index contributed by atoms with van der Waals surface area (Å²) in [7, 11) is 0. The highest BCUT2D eigenvalue weighted by Crippen LogP contribution is 2.41. The second-order valence-corrected chi connectivity index (χ2v) is 17.0. The summed E-state index contributed by atoms with van der Waals surface area (Å²) in [6, 6.07) is 74.3. The van der Waals surface area contributed by atoms with Crippen LogP contribution < -0.4 is 5.73 Å². The minimum Gasteiger partial charge on any atom is -0.456 e. The Kier molecular flexibility index (Phi) is 9.80. The van der Waals surface area contributed by atoms with Gasteiger partial charge in [-0.1, -0.05) is 164 Å². The van der Waals surface area contributed by atoms with Gasteiger partial charge in [0, 0.05) is 42.1 Å². The molecule has 11 rings (SSSR count). The molecule has 0 saturated heterocycles. The zero-order valence-corrected chi connectivity index (χ0v) is 35.4. The number of amidine groups is 2. The van der Waals surface area contributed by atoms with Crippen LogP contribution in [0.15, 0.2) is 227 Å². The van der Waals surface area contributed by atoms with Crippen LogP contribution in [-0.2, 0) is 0 Å². The van der Waals surface area contributed by atoms with E-state index in [9.17, 15) is 0 Å². The number of nitrogens with zero attached hydrogens (tertiary/aromatic N) is 2. The summed E-state index contributed by atoms with van der Waals surface area (Å²) in [5.41, 5.74) is 20.8. The first kappa shape index (κ1) is 38.1. The van der Waals surface area contributed by atoms with Gasteiger partial charge in [0.1, 0.15) is 17.0 Å². The van der Waals surface area contributed by atoms with Gasteiger partial charge in [-0.25, -0.2) is 4.99 Å². The minimum atomic E-state index is -0.210. The predicted molar refractivity (Wildman–Crippen MR) is 267 cm³/mol. The third-order valence-corrected chi connectivity index (χ3v) is 13.1. The lowest BCUT2D eigenvalue weighted by atomic mass is 9.95. The fourth-order valence-electron chi connectivity index (χ4n) is 8.69. The van der Waals surface area contributed by atoms with E-state index >= 15 is 0 Å². The van der Waals surface area contributed by atoms with Crippen molar-refractivity contribution in [3.8, 4) is 44.5 Å². The van der Waals surface area contributed by atoms with Gasteiger partial charge in [-0.05, 0) is 106 Å². The number of hydrogen-bond donors (Lipinski definition) is 1. The van der Waals surface area contributed by atoms with Gasteiger partial charge in [0.2, 0.25) is 0 Å². The molecule has 2 heterocycles. The molecule has 2 aromatic heterocycles. The van der Waals surface area contributed by atoms with E-state index in [4.69, 9.17) is 20.1 Å². The average molecular weight is 828 g/mol. The molecule has 0 bridgehead atoms. The average Bonchev–Trinajstić information content (AvgIpc) is 3.92. The van der Waals surface area contributed by atoms with E-state index in [2.05, 4.69) is 159 Å². The van der Waals surface area contributed by atoms with Crippen LogP contribution in [0.4, 0.5) is 0 Å². The van der Waals surface area contributed by atoms with Crippen molar-refractivity contribution in [3.63, 3.8) is 0 Å². The molecule has 0 fully saturated rings. The second kappa shape index (κ2) is 16.2. The molecule has 9 aromatic carbocycles. The Morgan fingerprint density at radius 1 is 0.444 bits per heavy atom. The van der Waals surface area contributed by atoms with Crippen molar-refractivity contribution in [2.45, 2.75) is 13.0 Å². The molecule has 1 atom stereocenters. The summed E-state index contributed by atoms with van der Waals surface area (Å²) in [6.45, 7) is 2.15. The maximum atomic E-state index is 6.81. The number of benzene rings is 9. The van der Waals surface area contributed by atoms with E-state index in [0.717, 1.165) is 49.8 Å². The molecule has 11 aromatic rings. The number of fused-ring (bicyclic) bond motifs is 6. The molecule has 300 valence electrons. The highest BCUT2D eigenvalue weighted by Gasteiger charge is 2.17. The standard InChI is InChI=1S/C58H41N3OS/c1-37(60-58(41-15-6-3-7-16-41)61-57(59)40-27-25-39(26-28-40)47-29-31-50-49-21-8-9-23-52(49)62-53(50)36-47)48-22-12-24-55-56(48)51-35-46(30-32-54(51)63-55)45-20-11-19-44(34-45)43-18-10-17-42(33-43)38-13-4-2-5-14-38/h2-37H,1H3,(H2,59,60,61). The van der Waals surface area contributed by atoms with Crippen molar-refractivity contribution in [1.29, 1.82) is 0 Å². The second-order valence-electron chi connectivity index (χ2n) is 15.9. The van der Waals surface area contributed by atoms with E-state index < -0.39 is 0 Å². The Morgan fingerprint density at radius 2 is 1.00 bits per heavy atom. The lowest BCUT2D eigenvalue weighted by Gasteiger charge is -2.13. The predicted octanol–water partition coefficient (Wildman–Crippen LogP) is 15.5. The summed E-state index contributed by atoms with van der Waals surface area (Å²) < 4.78 is 8.65. The molecule has 4 nitrogen and oxygen atoms in total. The Balaban J connectivity index is 0.919. The Morgan fingerprint density at radius 3 is 1.75 bits per heavy atom. The Labute approximate surface area is 370 Å². The first-order valence-corrected chi connectivity index (χ1v) is 22.0. The molecule has 5 heteroatoms. The van der Waals surface area contributed by atoms with Gasteiger partial charge in [-0.15, -0.1) is 11.3 Å². The van der Waals surface area contributed by atoms with Crippen LogP contribution >= 0.6 is 11.3 Å². The number of nitrogens with two attached hydrogens (primary N) is 1. The van der Waals surface area contributed by atoms with Crippen LogP contribution in [0.3, 0.4) is 0 Å². The summed E-state index contributed by atoms with van der Waals surface area (Å²) >= 11 is 1.82. The summed E-state index contributed by atoms with van der Waals surface area (Å²) in [6.07, 6.45) is 0. The molecular weight excluding hydrogens is 787 g/mol. The molecule has 0 radical (unpaired) electrons. The Hall–Kier alpha value is -7.86. The summed E-state index contributed by atoms with van der Waals surface area (Å²) in [5.74, 6) is 0.993. The smallest absolute Gasteiger partial charge is 0.157 e. The van der Waals surface area contributed by atoms with Gasteiger partial charge in [0.25, 0.3) is 0 Å². The molecule has 1 unspecified atom stereocenters. The lowest BCUT2D eigenvalue weighted by molar-refractivity contribution is 0.669. The van der Waals surface area contributed by atoms with Crippen LogP contribution in [0.1, 0.15) is 29.7 Å². The maximum absolute atomic E-state index is 6.81. The van der Waals surface area contributed by atoms with Gasteiger partial charge in [-0.2, -0.15) is 0 Å². The monoisotopic (exact) mass is 827 g/mol. The van der Waals surface area contributed by atoms with Gasteiger partial charge in [-0.3, -0.25) is 4.99 Å². The summed E-state index contributed by atoms with van der Waals surface area (Å²) in [5, 5.41) is 4.69. The van der Waals surface area contributed by atoms with Crippen molar-refractivity contribution >= 4 is 65.1 Å². The van der Waals surface area contributed by atoms with Gasteiger partial charge >= 0.3 is 0 Å². The van der Waals surface area contributed by atoms with Crippen LogP contribution in [-0.4, -0.2) is 11.7 Å². The normalized spacial score (nSPS) is 12.7. The molecule has 0 amide bonds. The molecule has 0 aliphatic heterocycles. The maximum Gasteiger partial charge on any atom is 0.157 e. The third-order valence-electron chi connectivity index (χ3n) is 11.9. The van der Waals surface area contributed by atoms with E-state index in [0.29, 0.717) is 11.7 Å². The topological polar surface area (TPSA) is 63.9 Å². The molecule has 2 N–H and O–H groups in total. The van der Waals surface area contributed by atoms with Crippen LogP contribution in [0.25, 0.3) is 86.6 Å². The highest BCUT2D eigenvalue weighted by atomic mass is 32.1. The SMILES string of the molecule is CC(N=C(N=C(N)c1ccc(-c2ccc3c(c2)oc2ccccc23)cc1)c1ccccc1)c1cccc2sc3ccc(-c4cccc(-c5cccc(-c6ccccc6)c5)c4)cc3c12. The molecule has 0 aliphatic rings. The lowest BCUT2D eigenvalue weighted by Crippen LogP contribution is -2.16. The fraction of sp³-hybridized carbons (Fsp3) is 0.0345. The van der Waals surface area contributed by atoms with Gasteiger partial charge in [0.05, 0.1) is 6.04 Å². The van der Waals surface area contributed by atoms with Crippen molar-refractivity contribution in [1.82, 2.24) is 0 Å². The molecule has 0 spiro atoms.